The van der Waals surface area contributed by atoms with Crippen LogP contribution in [0.3, 0.4) is 0 Å². The van der Waals surface area contributed by atoms with E-state index in [0.717, 1.165) is 16.7 Å². The van der Waals surface area contributed by atoms with Crippen LogP contribution in [0.25, 0.3) is 22.0 Å². The van der Waals surface area contributed by atoms with E-state index in [1.54, 1.807) is 6.07 Å². The number of H-pyrrole nitrogens is 1. The average Bonchev–Trinajstić information content (AvgIpc) is 2.90. The van der Waals surface area contributed by atoms with Crippen molar-refractivity contribution >= 4 is 28.7 Å². The second kappa shape index (κ2) is 6.20. The van der Waals surface area contributed by atoms with Gasteiger partial charge in [-0.2, -0.15) is 0 Å². The van der Waals surface area contributed by atoms with Gasteiger partial charge in [0.15, 0.2) is 0 Å². The standard InChI is InChI=1S/C19H21N5O2/c1-19(2,22)12-6-3-10(4-7-12)11-5-8-13-14(9-11)23-17(24-18(21)26)15(13)16(20)25/h3-9,23H,22H2,1-2H3,(H2,20,25)(H3,21,24,26). The Morgan fingerprint density at radius 2 is 1.62 bits per heavy atom. The molecule has 0 saturated heterocycles. The van der Waals surface area contributed by atoms with E-state index in [4.69, 9.17) is 17.2 Å². The van der Waals surface area contributed by atoms with Crippen LogP contribution in [-0.2, 0) is 5.54 Å². The highest BCUT2D eigenvalue weighted by atomic mass is 16.2. The van der Waals surface area contributed by atoms with Crippen LogP contribution in [0.4, 0.5) is 10.6 Å². The van der Waals surface area contributed by atoms with E-state index in [9.17, 15) is 9.59 Å². The number of carbonyl (C=O) groups is 2. The topological polar surface area (TPSA) is 140 Å². The van der Waals surface area contributed by atoms with Gasteiger partial charge in [-0.3, -0.25) is 10.1 Å². The van der Waals surface area contributed by atoms with E-state index >= 15 is 0 Å². The molecular formula is C19H21N5O2. The first-order chi connectivity index (χ1) is 12.2. The van der Waals surface area contributed by atoms with Gasteiger partial charge in [-0.1, -0.05) is 36.4 Å². The lowest BCUT2D eigenvalue weighted by atomic mass is 9.93. The molecule has 3 amide bonds. The number of benzene rings is 2. The van der Waals surface area contributed by atoms with Gasteiger partial charge >= 0.3 is 6.03 Å². The molecule has 134 valence electrons. The van der Waals surface area contributed by atoms with Gasteiger partial charge in [0.25, 0.3) is 5.91 Å². The molecule has 0 fully saturated rings. The van der Waals surface area contributed by atoms with E-state index in [0.29, 0.717) is 10.9 Å². The molecule has 0 atom stereocenters. The van der Waals surface area contributed by atoms with Gasteiger partial charge in [0, 0.05) is 16.4 Å². The first-order valence-corrected chi connectivity index (χ1v) is 8.08. The van der Waals surface area contributed by atoms with Gasteiger partial charge < -0.3 is 22.2 Å². The molecular weight excluding hydrogens is 330 g/mol. The Labute approximate surface area is 150 Å². The molecule has 2 aromatic carbocycles. The third-order valence-electron chi connectivity index (χ3n) is 4.26. The molecule has 0 aliphatic carbocycles. The van der Waals surface area contributed by atoms with Crippen molar-refractivity contribution in [2.45, 2.75) is 19.4 Å². The van der Waals surface area contributed by atoms with Crippen molar-refractivity contribution in [1.82, 2.24) is 4.98 Å². The van der Waals surface area contributed by atoms with Crippen LogP contribution >= 0.6 is 0 Å². The summed E-state index contributed by atoms with van der Waals surface area (Å²) in [7, 11) is 0. The summed E-state index contributed by atoms with van der Waals surface area (Å²) >= 11 is 0. The Morgan fingerprint density at radius 1 is 1.00 bits per heavy atom. The zero-order valence-electron chi connectivity index (χ0n) is 14.6. The van der Waals surface area contributed by atoms with Crippen LogP contribution < -0.4 is 22.5 Å². The van der Waals surface area contributed by atoms with Crippen LogP contribution in [0, 0.1) is 0 Å². The molecule has 0 unspecified atom stereocenters. The number of urea groups is 1. The molecule has 1 aromatic heterocycles. The molecule has 0 saturated carbocycles. The largest absolute Gasteiger partial charge is 0.365 e. The van der Waals surface area contributed by atoms with Crippen molar-refractivity contribution in [3.8, 4) is 11.1 Å². The Balaban J connectivity index is 2.07. The van der Waals surface area contributed by atoms with Gasteiger partial charge in [-0.25, -0.2) is 4.79 Å². The minimum atomic E-state index is -0.778. The Bertz CT molecular complexity index is 997. The zero-order chi connectivity index (χ0) is 19.1. The molecule has 7 nitrogen and oxygen atoms in total. The molecule has 1 heterocycles. The van der Waals surface area contributed by atoms with Crippen LogP contribution in [-0.4, -0.2) is 16.9 Å². The highest BCUT2D eigenvalue weighted by Gasteiger charge is 2.18. The first-order valence-electron chi connectivity index (χ1n) is 8.08. The van der Waals surface area contributed by atoms with Crippen LogP contribution in [0.2, 0.25) is 0 Å². The number of carbonyl (C=O) groups excluding carboxylic acids is 2. The minimum Gasteiger partial charge on any atom is -0.365 e. The zero-order valence-corrected chi connectivity index (χ0v) is 14.6. The molecule has 7 heteroatoms. The summed E-state index contributed by atoms with van der Waals surface area (Å²) in [4.78, 5) is 25.9. The van der Waals surface area contributed by atoms with Crippen molar-refractivity contribution < 1.29 is 9.59 Å². The van der Waals surface area contributed by atoms with Gasteiger partial charge in [-0.05, 0) is 36.6 Å². The quantitative estimate of drug-likeness (QED) is 0.493. The number of nitrogens with two attached hydrogens (primary N) is 3. The Morgan fingerprint density at radius 3 is 2.15 bits per heavy atom. The fourth-order valence-electron chi connectivity index (χ4n) is 2.94. The summed E-state index contributed by atoms with van der Waals surface area (Å²) in [6, 6.07) is 12.7. The highest BCUT2D eigenvalue weighted by Crippen LogP contribution is 2.31. The van der Waals surface area contributed by atoms with Gasteiger partial charge in [0.2, 0.25) is 0 Å². The first kappa shape index (κ1) is 17.5. The van der Waals surface area contributed by atoms with E-state index in [1.165, 1.54) is 0 Å². The summed E-state index contributed by atoms with van der Waals surface area (Å²) in [5.41, 5.74) is 20.2. The van der Waals surface area contributed by atoms with E-state index in [2.05, 4.69) is 10.3 Å². The average molecular weight is 351 g/mol. The molecule has 0 aliphatic heterocycles. The van der Waals surface area contributed by atoms with E-state index < -0.39 is 17.5 Å². The number of fused-ring (bicyclic) bond motifs is 1. The monoisotopic (exact) mass is 351 g/mol. The summed E-state index contributed by atoms with van der Waals surface area (Å²) in [6.45, 7) is 3.90. The number of rotatable bonds is 4. The fourth-order valence-corrected chi connectivity index (χ4v) is 2.94. The van der Waals surface area contributed by atoms with Crippen LogP contribution in [0.1, 0.15) is 29.8 Å². The number of nitrogens with one attached hydrogen (secondary N) is 2. The number of anilines is 1. The summed E-state index contributed by atoms with van der Waals surface area (Å²) < 4.78 is 0. The maximum Gasteiger partial charge on any atom is 0.317 e. The van der Waals surface area contributed by atoms with Gasteiger partial charge in [0.1, 0.15) is 5.82 Å². The molecule has 8 N–H and O–H groups in total. The molecule has 3 aromatic rings. The van der Waals surface area contributed by atoms with Crippen LogP contribution in [0.5, 0.6) is 0 Å². The third kappa shape index (κ3) is 3.25. The number of aromatic nitrogens is 1. The summed E-state index contributed by atoms with van der Waals surface area (Å²) in [5, 5.41) is 3.01. The smallest absolute Gasteiger partial charge is 0.317 e. The predicted molar refractivity (Wildman–Crippen MR) is 103 cm³/mol. The Kier molecular flexibility index (Phi) is 4.17. The van der Waals surface area contributed by atoms with Gasteiger partial charge in [0.05, 0.1) is 5.56 Å². The summed E-state index contributed by atoms with van der Waals surface area (Å²) in [6.07, 6.45) is 0. The number of hydrogen-bond acceptors (Lipinski definition) is 3. The predicted octanol–water partition coefficient (Wildman–Crippen LogP) is 2.62. The lowest BCUT2D eigenvalue weighted by Gasteiger charge is -2.19. The molecule has 26 heavy (non-hydrogen) atoms. The van der Waals surface area contributed by atoms with Crippen molar-refractivity contribution in [2.24, 2.45) is 17.2 Å². The maximum absolute atomic E-state index is 11.8. The minimum absolute atomic E-state index is 0.192. The van der Waals surface area contributed by atoms with Crippen LogP contribution in [0.15, 0.2) is 42.5 Å². The van der Waals surface area contributed by atoms with Crippen molar-refractivity contribution in [3.63, 3.8) is 0 Å². The normalized spacial score (nSPS) is 11.5. The number of aromatic amines is 1. The van der Waals surface area contributed by atoms with Crippen molar-refractivity contribution in [1.29, 1.82) is 0 Å². The van der Waals surface area contributed by atoms with Crippen molar-refractivity contribution in [3.05, 3.63) is 53.6 Å². The highest BCUT2D eigenvalue weighted by molar-refractivity contribution is 6.13. The maximum atomic E-state index is 11.8. The second-order valence-corrected chi connectivity index (χ2v) is 6.79. The van der Waals surface area contributed by atoms with E-state index in [-0.39, 0.29) is 11.4 Å². The number of primary amides is 2. The fraction of sp³-hybridized carbons (Fsp3) is 0.158. The SMILES string of the molecule is CC(C)(N)c1ccc(-c2ccc3c(C(N)=O)c(NC(N)=O)[nH]c3c2)cc1. The second-order valence-electron chi connectivity index (χ2n) is 6.79. The van der Waals surface area contributed by atoms with Gasteiger partial charge in [-0.15, -0.1) is 0 Å². The van der Waals surface area contributed by atoms with Crippen molar-refractivity contribution in [2.75, 3.05) is 5.32 Å². The summed E-state index contributed by atoms with van der Waals surface area (Å²) in [5.74, 6) is -0.459. The van der Waals surface area contributed by atoms with E-state index in [1.807, 2.05) is 50.2 Å². The molecule has 0 radical (unpaired) electrons. The lowest BCUT2D eigenvalue weighted by molar-refractivity contribution is 0.100. The number of amides is 3. The number of hydrogen-bond donors (Lipinski definition) is 5. The molecule has 0 bridgehead atoms. The molecule has 3 rings (SSSR count). The lowest BCUT2D eigenvalue weighted by Crippen LogP contribution is -2.28. The Hall–Kier alpha value is -3.32. The molecule has 0 aliphatic rings. The third-order valence-corrected chi connectivity index (χ3v) is 4.26. The molecule has 0 spiro atoms.